The van der Waals surface area contributed by atoms with Gasteiger partial charge in [0, 0.05) is 40.3 Å². The number of nitrogens with one attached hydrogen (secondary N) is 1. The van der Waals surface area contributed by atoms with Crippen molar-refractivity contribution in [3.8, 4) is 11.4 Å². The Bertz CT molecular complexity index is 1350. The maximum atomic E-state index is 12.8. The number of allylic oxidation sites excluding steroid dienone is 1. The molecule has 0 aliphatic heterocycles. The average Bonchev–Trinajstić information content (AvgIpc) is 3.13. The van der Waals surface area contributed by atoms with Gasteiger partial charge in [-0.2, -0.15) is 13.2 Å². The molecule has 0 fully saturated rings. The Morgan fingerprint density at radius 1 is 1.14 bits per heavy atom. The normalized spacial score (nSPS) is 12.5. The number of ether oxygens (including phenoxy) is 1. The Hall–Kier alpha value is -3.77. The fourth-order valence-electron chi connectivity index (χ4n) is 3.29. The molecule has 0 radical (unpaired) electrons. The number of halogens is 5. The number of carbonyl (C=O) groups excluding carboxylic acids is 2. The highest BCUT2D eigenvalue weighted by Gasteiger charge is 2.24. The Morgan fingerprint density at radius 3 is 2.43 bits per heavy atom. The fourth-order valence-corrected chi connectivity index (χ4v) is 3.70. The Kier molecular flexibility index (Phi) is 9.00. The van der Waals surface area contributed by atoms with Gasteiger partial charge in [0.25, 0.3) is 0 Å². The lowest BCUT2D eigenvalue weighted by atomic mass is 10.00. The first-order valence-electron chi connectivity index (χ1n) is 10.6. The lowest BCUT2D eigenvalue weighted by molar-refractivity contribution is -0.122. The van der Waals surface area contributed by atoms with Crippen LogP contribution in [0.1, 0.15) is 11.5 Å². The molecule has 37 heavy (non-hydrogen) atoms. The Labute approximate surface area is 218 Å². The number of rotatable bonds is 9. The number of nitrogens with zero attached hydrogens (tertiary/aromatic N) is 3. The molecule has 0 aliphatic rings. The van der Waals surface area contributed by atoms with Crippen molar-refractivity contribution in [2.75, 3.05) is 13.2 Å². The lowest BCUT2D eigenvalue weighted by Gasteiger charge is -2.18. The first-order valence-corrected chi connectivity index (χ1v) is 11.3. The van der Waals surface area contributed by atoms with Gasteiger partial charge < -0.3 is 15.8 Å². The summed E-state index contributed by atoms with van der Waals surface area (Å²) in [6.07, 6.45) is -5.28. The summed E-state index contributed by atoms with van der Waals surface area (Å²) in [7, 11) is 0. The molecule has 2 aromatic carbocycles. The van der Waals surface area contributed by atoms with Crippen molar-refractivity contribution >= 4 is 41.4 Å². The molecule has 1 aromatic heterocycles. The number of nitrogens with two attached hydrogens (primary N) is 1. The Balaban J connectivity index is 1.83. The second-order valence-corrected chi connectivity index (χ2v) is 8.49. The molecule has 3 aromatic rings. The van der Waals surface area contributed by atoms with E-state index in [0.717, 1.165) is 4.68 Å². The Morgan fingerprint density at radius 2 is 1.81 bits per heavy atom. The summed E-state index contributed by atoms with van der Waals surface area (Å²) in [5.41, 5.74) is 4.95. The van der Waals surface area contributed by atoms with Crippen molar-refractivity contribution in [1.82, 2.24) is 19.7 Å². The van der Waals surface area contributed by atoms with Crippen molar-refractivity contribution in [2.45, 2.75) is 18.6 Å². The molecule has 1 atom stereocenters. The quantitative estimate of drug-likeness (QED) is 0.411. The van der Waals surface area contributed by atoms with Gasteiger partial charge in [0.15, 0.2) is 5.82 Å². The molecule has 14 heteroatoms. The van der Waals surface area contributed by atoms with Crippen molar-refractivity contribution in [3.05, 3.63) is 80.7 Å². The van der Waals surface area contributed by atoms with Crippen LogP contribution < -0.4 is 16.7 Å². The van der Waals surface area contributed by atoms with Crippen LogP contribution >= 0.6 is 23.2 Å². The van der Waals surface area contributed by atoms with Crippen molar-refractivity contribution < 1.29 is 27.5 Å². The summed E-state index contributed by atoms with van der Waals surface area (Å²) in [5.74, 6) is -1.37. The molecule has 196 valence electrons. The van der Waals surface area contributed by atoms with E-state index < -0.39 is 36.3 Å². The predicted octanol–water partition coefficient (Wildman–Crippen LogP) is 4.05. The maximum Gasteiger partial charge on any atom is 0.411 e. The van der Waals surface area contributed by atoms with E-state index in [2.05, 4.69) is 10.4 Å². The van der Waals surface area contributed by atoms with E-state index in [9.17, 15) is 27.6 Å². The molecule has 0 bridgehead atoms. The summed E-state index contributed by atoms with van der Waals surface area (Å²) in [6, 6.07) is 12.6. The van der Waals surface area contributed by atoms with E-state index in [-0.39, 0.29) is 25.1 Å². The molecular formula is C23H20Cl2F3N5O4. The SMILES string of the molecule is NC(=O)OCC(CNC(=O)Cn1nc(-c2ccc(Cl)cc2)n(C=CC(F)(F)F)c1=O)c1ccccc1Cl. The molecule has 0 saturated heterocycles. The maximum absolute atomic E-state index is 12.8. The number of carbonyl (C=O) groups is 2. The third-order valence-corrected chi connectivity index (χ3v) is 5.59. The first-order chi connectivity index (χ1) is 17.4. The number of aromatic nitrogens is 3. The highest BCUT2D eigenvalue weighted by molar-refractivity contribution is 6.31. The van der Waals surface area contributed by atoms with Crippen molar-refractivity contribution in [2.24, 2.45) is 5.73 Å². The fraction of sp³-hybridized carbons (Fsp3) is 0.217. The van der Waals surface area contributed by atoms with Crippen molar-refractivity contribution in [3.63, 3.8) is 0 Å². The second-order valence-electron chi connectivity index (χ2n) is 7.65. The van der Waals surface area contributed by atoms with E-state index >= 15 is 0 Å². The smallest absolute Gasteiger partial charge is 0.411 e. The minimum atomic E-state index is -4.68. The summed E-state index contributed by atoms with van der Waals surface area (Å²) in [5, 5.41) is 7.37. The predicted molar refractivity (Wildman–Crippen MR) is 131 cm³/mol. The molecule has 3 rings (SSSR count). The molecule has 1 heterocycles. The molecule has 0 spiro atoms. The summed E-state index contributed by atoms with van der Waals surface area (Å²) in [6.45, 7) is -0.835. The second kappa shape index (κ2) is 12.0. The molecular weight excluding hydrogens is 538 g/mol. The molecule has 0 saturated carbocycles. The third kappa shape index (κ3) is 7.86. The van der Waals surface area contributed by atoms with E-state index in [1.807, 2.05) is 0 Å². The topological polar surface area (TPSA) is 121 Å². The number of amides is 2. The highest BCUT2D eigenvalue weighted by Crippen LogP contribution is 2.25. The third-order valence-electron chi connectivity index (χ3n) is 5.00. The number of primary amides is 1. The van der Waals surface area contributed by atoms with Gasteiger partial charge in [-0.15, -0.1) is 5.10 Å². The van der Waals surface area contributed by atoms with E-state index in [1.165, 1.54) is 24.3 Å². The van der Waals surface area contributed by atoms with Crippen LogP contribution in [0, 0.1) is 0 Å². The highest BCUT2D eigenvalue weighted by atomic mass is 35.5. The minimum Gasteiger partial charge on any atom is -0.449 e. The summed E-state index contributed by atoms with van der Waals surface area (Å²) >= 11 is 12.1. The van der Waals surface area contributed by atoms with E-state index in [0.29, 0.717) is 31.9 Å². The number of hydrogen-bond donors (Lipinski definition) is 2. The zero-order valence-electron chi connectivity index (χ0n) is 18.9. The minimum absolute atomic E-state index is 0.0523. The van der Waals surface area contributed by atoms with Gasteiger partial charge >= 0.3 is 18.0 Å². The van der Waals surface area contributed by atoms with Gasteiger partial charge in [-0.25, -0.2) is 18.8 Å². The van der Waals surface area contributed by atoms with Gasteiger partial charge in [-0.3, -0.25) is 4.79 Å². The first kappa shape index (κ1) is 27.8. The molecule has 3 N–H and O–H groups in total. The summed E-state index contributed by atoms with van der Waals surface area (Å²) < 4.78 is 44.6. The van der Waals surface area contributed by atoms with Crippen molar-refractivity contribution in [1.29, 1.82) is 0 Å². The van der Waals surface area contributed by atoms with Gasteiger partial charge in [0.05, 0.1) is 0 Å². The number of alkyl halides is 3. The van der Waals surface area contributed by atoms with Crippen LogP contribution in [-0.4, -0.2) is 45.7 Å². The van der Waals surface area contributed by atoms with Gasteiger partial charge in [-0.1, -0.05) is 41.4 Å². The molecule has 2 amide bonds. The molecule has 0 aliphatic carbocycles. The monoisotopic (exact) mass is 557 g/mol. The average molecular weight is 558 g/mol. The van der Waals surface area contributed by atoms with E-state index in [4.69, 9.17) is 33.7 Å². The van der Waals surface area contributed by atoms with Crippen LogP contribution in [-0.2, 0) is 16.1 Å². The van der Waals surface area contributed by atoms with E-state index in [1.54, 1.807) is 24.3 Å². The number of benzene rings is 2. The van der Waals surface area contributed by atoms with Crippen LogP contribution in [0.2, 0.25) is 10.0 Å². The van der Waals surface area contributed by atoms with Gasteiger partial charge in [0.1, 0.15) is 13.2 Å². The lowest BCUT2D eigenvalue weighted by Crippen LogP contribution is -2.36. The van der Waals surface area contributed by atoms with Gasteiger partial charge in [0.2, 0.25) is 5.91 Å². The van der Waals surface area contributed by atoms with Crippen LogP contribution in [0.5, 0.6) is 0 Å². The number of hydrogen-bond acceptors (Lipinski definition) is 5. The standard InChI is InChI=1S/C23H20Cl2F3N5O4/c24-16-7-5-14(6-8-16)20-31-33(22(36)32(20)10-9-23(26,27)28)12-19(34)30-11-15(13-37-21(29)35)17-3-1-2-4-18(17)25/h1-10,15H,11-13H2,(H2,29,35)(H,30,34). The zero-order chi connectivity index (χ0) is 27.2. The molecule has 1 unspecified atom stereocenters. The van der Waals surface area contributed by atoms with Gasteiger partial charge in [-0.05, 0) is 35.9 Å². The zero-order valence-corrected chi connectivity index (χ0v) is 20.4. The largest absolute Gasteiger partial charge is 0.449 e. The van der Waals surface area contributed by atoms with Crippen LogP contribution in [0.25, 0.3) is 17.6 Å². The van der Waals surface area contributed by atoms with Crippen LogP contribution in [0.4, 0.5) is 18.0 Å². The molecule has 9 nitrogen and oxygen atoms in total. The summed E-state index contributed by atoms with van der Waals surface area (Å²) in [4.78, 5) is 36.5. The van der Waals surface area contributed by atoms with Crippen LogP contribution in [0.3, 0.4) is 0 Å². The van der Waals surface area contributed by atoms with Crippen LogP contribution in [0.15, 0.2) is 59.4 Å².